The lowest BCUT2D eigenvalue weighted by Gasteiger charge is -2.35. The Morgan fingerprint density at radius 2 is 1.76 bits per heavy atom. The Hall–Kier alpha value is -3.41. The lowest BCUT2D eigenvalue weighted by Crippen LogP contribution is -2.37. The molecule has 2 aromatic carbocycles. The Labute approximate surface area is 192 Å². The number of benzene rings is 2. The monoisotopic (exact) mass is 493 g/mol. The van der Waals surface area contributed by atoms with E-state index in [0.717, 1.165) is 22.4 Å². The highest BCUT2D eigenvalue weighted by Gasteiger charge is 2.43. The van der Waals surface area contributed by atoms with E-state index in [2.05, 4.69) is 15.5 Å². The summed E-state index contributed by atoms with van der Waals surface area (Å²) in [6.45, 7) is 5.11. The van der Waals surface area contributed by atoms with Crippen molar-refractivity contribution in [2.24, 2.45) is 0 Å². The second kappa shape index (κ2) is 6.81. The van der Waals surface area contributed by atoms with Gasteiger partial charge in [0.05, 0.1) is 34.2 Å². The molecule has 0 saturated heterocycles. The van der Waals surface area contributed by atoms with Crippen LogP contribution in [0.15, 0.2) is 36.5 Å². The quantitative estimate of drug-likeness (QED) is 0.405. The zero-order valence-corrected chi connectivity index (χ0v) is 19.3. The number of nitrogens with one attached hydrogen (secondary N) is 1. The molecule has 12 heteroatoms. The predicted octanol–water partition coefficient (Wildman–Crippen LogP) is 4.82. The fraction of sp³-hybridized carbons (Fsp3) is 0.273. The normalized spacial score (nSPS) is 15.2. The molecule has 7 nitrogen and oxygen atoms in total. The maximum atomic E-state index is 14.7. The molecule has 0 aliphatic carbocycles. The van der Waals surface area contributed by atoms with Gasteiger partial charge < -0.3 is 5.32 Å². The van der Waals surface area contributed by atoms with Crippen molar-refractivity contribution < 1.29 is 26.0 Å². The zero-order chi connectivity index (χ0) is 24.8. The summed E-state index contributed by atoms with van der Waals surface area (Å²) in [5.41, 5.74) is -2.19. The minimum atomic E-state index is -4.84. The number of aromatic nitrogens is 4. The van der Waals surface area contributed by atoms with Gasteiger partial charge in [-0.15, -0.1) is 10.2 Å². The molecule has 0 fully saturated rings. The Morgan fingerprint density at radius 1 is 1.06 bits per heavy atom. The lowest BCUT2D eigenvalue weighted by molar-refractivity contribution is -0.137. The lowest BCUT2D eigenvalue weighted by atomic mass is 9.91. The van der Waals surface area contributed by atoms with Crippen molar-refractivity contribution in [2.45, 2.75) is 32.5 Å². The smallest absolute Gasteiger partial charge is 0.371 e. The molecule has 34 heavy (non-hydrogen) atoms. The number of anilines is 1. The van der Waals surface area contributed by atoms with Crippen LogP contribution in [-0.2, 0) is 21.7 Å². The van der Waals surface area contributed by atoms with Gasteiger partial charge in [0.15, 0.2) is 5.82 Å². The van der Waals surface area contributed by atoms with Gasteiger partial charge in [0.1, 0.15) is 11.6 Å². The maximum Gasteiger partial charge on any atom is 0.419 e. The van der Waals surface area contributed by atoms with E-state index >= 15 is 0 Å². The Kier molecular flexibility index (Phi) is 4.48. The second-order valence-electron chi connectivity index (χ2n) is 8.80. The van der Waals surface area contributed by atoms with Crippen molar-refractivity contribution in [2.75, 3.05) is 11.6 Å². The summed E-state index contributed by atoms with van der Waals surface area (Å²) < 4.78 is 85.1. The first kappa shape index (κ1) is 22.4. The van der Waals surface area contributed by atoms with Crippen LogP contribution in [0.3, 0.4) is 0 Å². The summed E-state index contributed by atoms with van der Waals surface area (Å²) in [5, 5.41) is 11.3. The summed E-state index contributed by atoms with van der Waals surface area (Å²) in [6, 6.07) is 6.08. The molecule has 0 radical (unpaired) electrons. The van der Waals surface area contributed by atoms with Gasteiger partial charge in [-0.1, -0.05) is 6.07 Å². The molecule has 0 bridgehead atoms. The third-order valence-electron chi connectivity index (χ3n) is 5.90. The summed E-state index contributed by atoms with van der Waals surface area (Å²) >= 11 is 0. The van der Waals surface area contributed by atoms with E-state index in [1.165, 1.54) is 29.0 Å². The Balaban J connectivity index is 1.91. The van der Waals surface area contributed by atoms with Crippen molar-refractivity contribution in [3.8, 4) is 16.8 Å². The Bertz CT molecular complexity index is 1600. The van der Waals surface area contributed by atoms with E-state index in [9.17, 15) is 26.0 Å². The van der Waals surface area contributed by atoms with Gasteiger partial charge >= 0.3 is 6.18 Å². The molecule has 4 aromatic rings. The number of alkyl halides is 3. The van der Waals surface area contributed by atoms with Crippen LogP contribution in [0.2, 0.25) is 0 Å². The summed E-state index contributed by atoms with van der Waals surface area (Å²) in [7, 11) is -3.81. The van der Waals surface area contributed by atoms with Gasteiger partial charge in [0.2, 0.25) is 10.0 Å². The SMILES string of the molecule is Cc1nnc2n1-c1c(ccc(-c3cc(F)cc4c3ccn4S(C)(=O)=O)c1C(F)(F)F)NC2(C)C. The second-order valence-corrected chi connectivity index (χ2v) is 10.7. The first-order chi connectivity index (χ1) is 15.7. The third kappa shape index (κ3) is 3.19. The molecular formula is C22H19F4N5O2S. The molecule has 3 heterocycles. The zero-order valence-electron chi connectivity index (χ0n) is 18.5. The molecule has 2 aromatic heterocycles. The van der Waals surface area contributed by atoms with Crippen LogP contribution < -0.4 is 5.32 Å². The molecular weight excluding hydrogens is 474 g/mol. The number of aryl methyl sites for hydroxylation is 1. The van der Waals surface area contributed by atoms with Gasteiger partial charge in [-0.3, -0.25) is 4.57 Å². The van der Waals surface area contributed by atoms with Gasteiger partial charge in [-0.05, 0) is 56.2 Å². The average Bonchev–Trinajstić information content (AvgIpc) is 3.30. The van der Waals surface area contributed by atoms with E-state index in [-0.39, 0.29) is 39.2 Å². The highest BCUT2D eigenvalue weighted by molar-refractivity contribution is 7.89. The topological polar surface area (TPSA) is 81.8 Å². The molecule has 178 valence electrons. The van der Waals surface area contributed by atoms with Crippen LogP contribution in [0.25, 0.3) is 27.7 Å². The van der Waals surface area contributed by atoms with Crippen LogP contribution >= 0.6 is 0 Å². The molecule has 0 saturated carbocycles. The number of nitrogens with zero attached hydrogens (tertiary/aromatic N) is 4. The van der Waals surface area contributed by atoms with Gasteiger partial charge in [-0.2, -0.15) is 13.2 Å². The molecule has 5 rings (SSSR count). The molecule has 0 amide bonds. The predicted molar refractivity (Wildman–Crippen MR) is 119 cm³/mol. The standard InChI is InChI=1S/C22H19F4N5O2S/c1-11-28-29-20-21(2,3)27-16-6-5-14(18(22(24,25)26)19(16)31(11)20)15-9-12(23)10-17-13(15)7-8-30(17)34(4,32)33/h5-10,27H,1-4H3. The van der Waals surface area contributed by atoms with Crippen LogP contribution in [0.1, 0.15) is 31.1 Å². The van der Waals surface area contributed by atoms with E-state index in [0.29, 0.717) is 5.82 Å². The first-order valence-corrected chi connectivity index (χ1v) is 12.0. The number of hydrogen-bond acceptors (Lipinski definition) is 5. The van der Waals surface area contributed by atoms with Gasteiger partial charge in [0.25, 0.3) is 0 Å². The van der Waals surface area contributed by atoms with Crippen molar-refractivity contribution in [3.05, 3.63) is 59.6 Å². The van der Waals surface area contributed by atoms with E-state index in [1.807, 2.05) is 0 Å². The number of hydrogen-bond donors (Lipinski definition) is 1. The summed E-state index contributed by atoms with van der Waals surface area (Å²) in [5.74, 6) is -0.300. The number of halogens is 4. The fourth-order valence-electron chi connectivity index (χ4n) is 4.56. The van der Waals surface area contributed by atoms with Crippen molar-refractivity contribution in [1.82, 2.24) is 18.7 Å². The molecule has 0 unspecified atom stereocenters. The number of fused-ring (bicyclic) bond motifs is 4. The maximum absolute atomic E-state index is 14.7. The molecule has 1 aliphatic rings. The first-order valence-electron chi connectivity index (χ1n) is 10.2. The van der Waals surface area contributed by atoms with Crippen molar-refractivity contribution in [1.29, 1.82) is 0 Å². The van der Waals surface area contributed by atoms with Gasteiger partial charge in [-0.25, -0.2) is 16.8 Å². The Morgan fingerprint density at radius 3 is 2.41 bits per heavy atom. The molecule has 0 spiro atoms. The van der Waals surface area contributed by atoms with E-state index in [1.54, 1.807) is 20.8 Å². The number of rotatable bonds is 2. The largest absolute Gasteiger partial charge is 0.419 e. The summed E-state index contributed by atoms with van der Waals surface area (Å²) in [4.78, 5) is 0. The van der Waals surface area contributed by atoms with Crippen LogP contribution in [-0.4, -0.2) is 33.4 Å². The van der Waals surface area contributed by atoms with Gasteiger partial charge in [0, 0.05) is 11.6 Å². The highest BCUT2D eigenvalue weighted by Crippen LogP contribution is 2.49. The summed E-state index contributed by atoms with van der Waals surface area (Å²) in [6.07, 6.45) is -2.71. The van der Waals surface area contributed by atoms with Crippen LogP contribution in [0.4, 0.5) is 23.2 Å². The minimum absolute atomic E-state index is 0.0521. The third-order valence-corrected chi connectivity index (χ3v) is 6.93. The molecule has 1 aliphatic heterocycles. The van der Waals surface area contributed by atoms with E-state index in [4.69, 9.17) is 0 Å². The van der Waals surface area contributed by atoms with Crippen molar-refractivity contribution in [3.63, 3.8) is 0 Å². The molecule has 1 N–H and O–H groups in total. The molecule has 0 atom stereocenters. The van der Waals surface area contributed by atoms with Crippen LogP contribution in [0.5, 0.6) is 0 Å². The van der Waals surface area contributed by atoms with E-state index < -0.39 is 33.1 Å². The van der Waals surface area contributed by atoms with Crippen LogP contribution in [0, 0.1) is 12.7 Å². The minimum Gasteiger partial charge on any atom is -0.371 e. The fourth-order valence-corrected chi connectivity index (χ4v) is 5.35. The van der Waals surface area contributed by atoms with Crippen molar-refractivity contribution >= 4 is 26.6 Å². The average molecular weight is 493 g/mol. The highest BCUT2D eigenvalue weighted by atomic mass is 32.2.